The molecule has 3 heteroatoms. The molecular formula is C24H26O3. The molecule has 0 heterocycles. The highest BCUT2D eigenvalue weighted by atomic mass is 16.5. The van der Waals surface area contributed by atoms with Crippen LogP contribution in [-0.4, -0.2) is 12.6 Å². The van der Waals surface area contributed by atoms with Gasteiger partial charge in [-0.05, 0) is 53.6 Å². The van der Waals surface area contributed by atoms with Crippen LogP contribution in [0.2, 0.25) is 0 Å². The lowest BCUT2D eigenvalue weighted by molar-refractivity contribution is 0.0735. The zero-order valence-corrected chi connectivity index (χ0v) is 15.8. The molecule has 0 aliphatic heterocycles. The van der Waals surface area contributed by atoms with Crippen LogP contribution in [-0.2, 0) is 0 Å². The Hall–Kier alpha value is -2.81. The number of esters is 1. The number of fused-ring (bicyclic) bond motifs is 1. The van der Waals surface area contributed by atoms with Crippen LogP contribution in [0.25, 0.3) is 10.8 Å². The lowest BCUT2D eigenvalue weighted by Crippen LogP contribution is -2.08. The molecule has 3 rings (SSSR count). The third-order valence-corrected chi connectivity index (χ3v) is 4.52. The molecule has 27 heavy (non-hydrogen) atoms. The summed E-state index contributed by atoms with van der Waals surface area (Å²) in [5.74, 6) is 1.07. The van der Waals surface area contributed by atoms with Crippen molar-refractivity contribution in [3.63, 3.8) is 0 Å². The lowest BCUT2D eigenvalue weighted by atomic mass is 10.1. The summed E-state index contributed by atoms with van der Waals surface area (Å²) < 4.78 is 11.3. The van der Waals surface area contributed by atoms with E-state index in [0.29, 0.717) is 11.3 Å². The summed E-state index contributed by atoms with van der Waals surface area (Å²) in [5, 5.41) is 2.04. The minimum atomic E-state index is -0.351. The molecule has 0 saturated carbocycles. The molecule has 0 bridgehead atoms. The Labute approximate surface area is 160 Å². The fourth-order valence-corrected chi connectivity index (χ4v) is 2.99. The highest BCUT2D eigenvalue weighted by molar-refractivity contribution is 5.96. The average molecular weight is 362 g/mol. The van der Waals surface area contributed by atoms with E-state index in [4.69, 9.17) is 9.47 Å². The molecule has 0 radical (unpaired) electrons. The highest BCUT2D eigenvalue weighted by Crippen LogP contribution is 2.23. The van der Waals surface area contributed by atoms with Crippen molar-refractivity contribution in [2.45, 2.75) is 39.0 Å². The maximum atomic E-state index is 12.3. The number of unbranched alkanes of at least 4 members (excludes halogenated alkanes) is 4. The van der Waals surface area contributed by atoms with Gasteiger partial charge in [0.05, 0.1) is 12.2 Å². The molecule has 0 aliphatic rings. The van der Waals surface area contributed by atoms with Crippen LogP contribution in [0.1, 0.15) is 49.4 Å². The predicted octanol–water partition coefficient (Wildman–Crippen LogP) is 6.41. The van der Waals surface area contributed by atoms with E-state index >= 15 is 0 Å². The number of carbonyl (C=O) groups is 1. The number of para-hydroxylation sites is 1. The third kappa shape index (κ3) is 5.58. The molecule has 0 unspecified atom stereocenters. The predicted molar refractivity (Wildman–Crippen MR) is 110 cm³/mol. The van der Waals surface area contributed by atoms with E-state index in [1.807, 2.05) is 48.5 Å². The summed E-state index contributed by atoms with van der Waals surface area (Å²) in [7, 11) is 0. The second-order valence-electron chi connectivity index (χ2n) is 6.69. The average Bonchev–Trinajstić information content (AvgIpc) is 2.71. The Morgan fingerprint density at radius 3 is 2.33 bits per heavy atom. The van der Waals surface area contributed by atoms with Crippen LogP contribution < -0.4 is 9.47 Å². The van der Waals surface area contributed by atoms with Crippen molar-refractivity contribution >= 4 is 16.7 Å². The van der Waals surface area contributed by atoms with Crippen LogP contribution in [0.4, 0.5) is 0 Å². The first-order chi connectivity index (χ1) is 13.3. The number of hydrogen-bond donors (Lipinski definition) is 0. The standard InChI is InChI=1S/C24H26O3/c1-2-3-4-5-9-16-26-23-15-14-19-17-21(13-12-20(19)18-23)24(25)27-22-10-7-6-8-11-22/h6-8,10-15,17-18H,2-5,9,16H2,1H3. The first-order valence-electron chi connectivity index (χ1n) is 9.70. The summed E-state index contributed by atoms with van der Waals surface area (Å²) in [6.07, 6.45) is 6.13. The third-order valence-electron chi connectivity index (χ3n) is 4.52. The molecule has 3 aromatic carbocycles. The molecule has 140 valence electrons. The molecule has 3 aromatic rings. The topological polar surface area (TPSA) is 35.5 Å². The van der Waals surface area contributed by atoms with Crippen LogP contribution in [0.5, 0.6) is 11.5 Å². The van der Waals surface area contributed by atoms with E-state index in [9.17, 15) is 4.79 Å². The van der Waals surface area contributed by atoms with Gasteiger partial charge in [-0.3, -0.25) is 0 Å². The van der Waals surface area contributed by atoms with Gasteiger partial charge in [-0.15, -0.1) is 0 Å². The van der Waals surface area contributed by atoms with Crippen LogP contribution >= 0.6 is 0 Å². The zero-order chi connectivity index (χ0) is 18.9. The molecule has 0 amide bonds. The van der Waals surface area contributed by atoms with Crippen molar-refractivity contribution in [3.05, 3.63) is 72.3 Å². The number of carbonyl (C=O) groups excluding carboxylic acids is 1. The monoisotopic (exact) mass is 362 g/mol. The molecule has 0 aliphatic carbocycles. The molecule has 0 spiro atoms. The van der Waals surface area contributed by atoms with Crippen LogP contribution in [0, 0.1) is 0 Å². The maximum Gasteiger partial charge on any atom is 0.343 e. The smallest absolute Gasteiger partial charge is 0.343 e. The Bertz CT molecular complexity index is 871. The molecule has 0 aromatic heterocycles. The van der Waals surface area contributed by atoms with E-state index in [1.165, 1.54) is 25.7 Å². The number of benzene rings is 3. The van der Waals surface area contributed by atoms with Crippen LogP contribution in [0.3, 0.4) is 0 Å². The first kappa shape index (κ1) is 19.0. The number of rotatable bonds is 9. The van der Waals surface area contributed by atoms with Crippen molar-refractivity contribution in [3.8, 4) is 11.5 Å². The Kier molecular flexibility index (Phi) is 6.86. The molecule has 0 N–H and O–H groups in total. The minimum Gasteiger partial charge on any atom is -0.494 e. The van der Waals surface area contributed by atoms with Gasteiger partial charge < -0.3 is 9.47 Å². The van der Waals surface area contributed by atoms with Gasteiger partial charge in [0, 0.05) is 0 Å². The Balaban J connectivity index is 1.60. The van der Waals surface area contributed by atoms with Crippen molar-refractivity contribution in [2.24, 2.45) is 0 Å². The Morgan fingerprint density at radius 2 is 1.52 bits per heavy atom. The van der Waals surface area contributed by atoms with E-state index in [2.05, 4.69) is 6.92 Å². The van der Waals surface area contributed by atoms with Gasteiger partial charge in [0.1, 0.15) is 11.5 Å². The molecular weight excluding hydrogens is 336 g/mol. The first-order valence-corrected chi connectivity index (χ1v) is 9.70. The number of hydrogen-bond acceptors (Lipinski definition) is 3. The maximum absolute atomic E-state index is 12.3. The zero-order valence-electron chi connectivity index (χ0n) is 15.8. The van der Waals surface area contributed by atoms with Crippen molar-refractivity contribution in [1.29, 1.82) is 0 Å². The van der Waals surface area contributed by atoms with E-state index in [1.54, 1.807) is 18.2 Å². The van der Waals surface area contributed by atoms with Gasteiger partial charge in [-0.25, -0.2) is 4.79 Å². The fraction of sp³-hybridized carbons (Fsp3) is 0.292. The molecule has 0 atom stereocenters. The summed E-state index contributed by atoms with van der Waals surface area (Å²) in [6, 6.07) is 20.7. The number of ether oxygens (including phenoxy) is 2. The van der Waals surface area contributed by atoms with E-state index in [0.717, 1.165) is 29.5 Å². The second-order valence-corrected chi connectivity index (χ2v) is 6.69. The van der Waals surface area contributed by atoms with Crippen molar-refractivity contribution in [2.75, 3.05) is 6.61 Å². The van der Waals surface area contributed by atoms with Gasteiger partial charge in [0.2, 0.25) is 0 Å². The van der Waals surface area contributed by atoms with E-state index < -0.39 is 0 Å². The summed E-state index contributed by atoms with van der Waals surface area (Å²) in [5.41, 5.74) is 0.538. The quantitative estimate of drug-likeness (QED) is 0.251. The van der Waals surface area contributed by atoms with Crippen molar-refractivity contribution in [1.82, 2.24) is 0 Å². The van der Waals surface area contributed by atoms with Gasteiger partial charge >= 0.3 is 5.97 Å². The van der Waals surface area contributed by atoms with Gasteiger partial charge in [-0.2, -0.15) is 0 Å². The lowest BCUT2D eigenvalue weighted by Gasteiger charge is -2.09. The normalized spacial score (nSPS) is 10.7. The summed E-state index contributed by atoms with van der Waals surface area (Å²) in [6.45, 7) is 2.97. The fourth-order valence-electron chi connectivity index (χ4n) is 2.99. The van der Waals surface area contributed by atoms with Crippen molar-refractivity contribution < 1.29 is 14.3 Å². The van der Waals surface area contributed by atoms with E-state index in [-0.39, 0.29) is 5.97 Å². The molecule has 3 nitrogen and oxygen atoms in total. The van der Waals surface area contributed by atoms with Gasteiger partial charge in [0.15, 0.2) is 0 Å². The molecule has 0 saturated heterocycles. The second kappa shape index (κ2) is 9.77. The van der Waals surface area contributed by atoms with Gasteiger partial charge in [-0.1, -0.05) is 62.9 Å². The van der Waals surface area contributed by atoms with Crippen LogP contribution in [0.15, 0.2) is 66.7 Å². The summed E-state index contributed by atoms with van der Waals surface area (Å²) >= 11 is 0. The highest BCUT2D eigenvalue weighted by Gasteiger charge is 2.09. The largest absolute Gasteiger partial charge is 0.494 e. The SMILES string of the molecule is CCCCCCCOc1ccc2cc(C(=O)Oc3ccccc3)ccc2c1. The van der Waals surface area contributed by atoms with Gasteiger partial charge in [0.25, 0.3) is 0 Å². The minimum absolute atomic E-state index is 0.351. The molecule has 0 fully saturated rings. The Morgan fingerprint density at radius 1 is 0.778 bits per heavy atom. The summed E-state index contributed by atoms with van der Waals surface area (Å²) in [4.78, 5) is 12.3.